The van der Waals surface area contributed by atoms with Gasteiger partial charge in [0.25, 0.3) is 0 Å². The summed E-state index contributed by atoms with van der Waals surface area (Å²) in [6, 6.07) is 134. The van der Waals surface area contributed by atoms with Crippen molar-refractivity contribution in [3.63, 3.8) is 0 Å². The van der Waals surface area contributed by atoms with Crippen molar-refractivity contribution >= 4 is 220 Å². The number of nitrogens with zero attached hydrogens (tertiary/aromatic N) is 4. The van der Waals surface area contributed by atoms with Gasteiger partial charge in [0, 0.05) is 78.1 Å². The molecular formula is C121H90N4S3. The third-order valence-electron chi connectivity index (χ3n) is 29.4. The molecule has 0 bridgehead atoms. The van der Waals surface area contributed by atoms with Crippen LogP contribution in [0.5, 0.6) is 0 Å². The summed E-state index contributed by atoms with van der Waals surface area (Å²) in [5, 5.41) is 26.2. The number of fused-ring (bicyclic) bond motifs is 26. The average Bonchev–Trinajstić information content (AvgIpc) is 0.880. The van der Waals surface area contributed by atoms with Crippen molar-refractivity contribution in [2.45, 2.75) is 117 Å². The van der Waals surface area contributed by atoms with Gasteiger partial charge in [-0.2, -0.15) is 0 Å². The van der Waals surface area contributed by atoms with Crippen LogP contribution in [0, 0.1) is 0 Å². The van der Waals surface area contributed by atoms with E-state index in [1.807, 2.05) is 34.9 Å². The minimum Gasteiger partial charge on any atom is -0.310 e. The highest BCUT2D eigenvalue weighted by Gasteiger charge is 2.43. The van der Waals surface area contributed by atoms with Crippen LogP contribution in [0.4, 0.5) is 68.2 Å². The number of thiophene rings is 1. The van der Waals surface area contributed by atoms with E-state index in [0.717, 1.165) is 0 Å². The van der Waals surface area contributed by atoms with Crippen LogP contribution in [0.2, 0.25) is 0 Å². The van der Waals surface area contributed by atoms with Crippen LogP contribution in [-0.2, 0) is 16.2 Å². The van der Waals surface area contributed by atoms with Gasteiger partial charge in [0.05, 0.1) is 56.9 Å². The van der Waals surface area contributed by atoms with Crippen molar-refractivity contribution < 1.29 is 0 Å². The summed E-state index contributed by atoms with van der Waals surface area (Å²) in [4.78, 5) is 15.3. The van der Waals surface area contributed by atoms with Gasteiger partial charge in [-0.3, -0.25) is 0 Å². The number of hydrogen-bond acceptors (Lipinski definition) is 7. The Labute approximate surface area is 758 Å². The largest absolute Gasteiger partial charge is 0.310 e. The molecule has 27 rings (SSSR count). The Morgan fingerprint density at radius 1 is 0.211 bits per heavy atom. The predicted molar refractivity (Wildman–Crippen MR) is 551 cm³/mol. The van der Waals surface area contributed by atoms with Gasteiger partial charge >= 0.3 is 0 Å². The lowest BCUT2D eigenvalue weighted by Gasteiger charge is -2.42. The lowest BCUT2D eigenvalue weighted by atomic mass is 9.73. The van der Waals surface area contributed by atoms with Crippen molar-refractivity contribution in [2.75, 3.05) is 19.6 Å². The van der Waals surface area contributed by atoms with Crippen molar-refractivity contribution in [3.05, 3.63) is 396 Å². The zero-order valence-corrected chi connectivity index (χ0v) is 75.6. The van der Waals surface area contributed by atoms with Gasteiger partial charge in [0.1, 0.15) is 0 Å². The summed E-state index contributed by atoms with van der Waals surface area (Å²) in [5.74, 6) is 0.635. The quantitative estimate of drug-likeness (QED) is 0.153. The Morgan fingerprint density at radius 2 is 0.570 bits per heavy atom. The molecule has 5 heterocycles. The van der Waals surface area contributed by atoms with Crippen molar-refractivity contribution in [1.82, 2.24) is 0 Å². The highest BCUT2D eigenvalue weighted by molar-refractivity contribution is 8.00. The van der Waals surface area contributed by atoms with E-state index in [9.17, 15) is 0 Å². The van der Waals surface area contributed by atoms with E-state index >= 15 is 0 Å². The van der Waals surface area contributed by atoms with E-state index in [-0.39, 0.29) is 16.2 Å². The zero-order valence-electron chi connectivity index (χ0n) is 73.2. The topological polar surface area (TPSA) is 13.0 Å². The highest BCUT2D eigenvalue weighted by Crippen LogP contribution is 2.63. The molecule has 128 heavy (non-hydrogen) atoms. The Kier molecular flexibility index (Phi) is 16.4. The molecule has 7 heteroatoms. The Morgan fingerprint density at radius 3 is 1.05 bits per heavy atom. The van der Waals surface area contributed by atoms with Gasteiger partial charge < -0.3 is 19.6 Å². The summed E-state index contributed by atoms with van der Waals surface area (Å²) < 4.78 is 2.63. The van der Waals surface area contributed by atoms with Crippen LogP contribution in [0.1, 0.15) is 126 Å². The normalized spacial score (nSPS) is 14.8. The van der Waals surface area contributed by atoms with Crippen LogP contribution in [0.25, 0.3) is 128 Å². The predicted octanol–water partition coefficient (Wildman–Crippen LogP) is 36.2. The monoisotopic (exact) mass is 1690 g/mol. The third kappa shape index (κ3) is 10.7. The second kappa shape index (κ2) is 27.7. The summed E-state index contributed by atoms with van der Waals surface area (Å²) in [6.45, 7) is 23.8. The Bertz CT molecular complexity index is 8500. The molecule has 0 spiro atoms. The third-order valence-corrected chi connectivity index (χ3v) is 32.8. The molecule has 22 aromatic rings. The van der Waals surface area contributed by atoms with Crippen molar-refractivity contribution in [3.8, 4) is 11.1 Å². The van der Waals surface area contributed by atoms with Gasteiger partial charge in [-0.05, 0) is 281 Å². The van der Waals surface area contributed by atoms with E-state index in [0.29, 0.717) is 11.8 Å². The van der Waals surface area contributed by atoms with E-state index in [1.165, 1.54) is 261 Å². The number of rotatable bonds is 6. The maximum Gasteiger partial charge on any atom is 0.0605 e. The molecular weight excluding hydrogens is 1610 g/mol. The molecule has 0 amide bonds. The fourth-order valence-corrected chi connectivity index (χ4v) is 26.6. The molecule has 0 atom stereocenters. The highest BCUT2D eigenvalue weighted by atomic mass is 32.2. The molecule has 1 aliphatic carbocycles. The molecule has 0 saturated heterocycles. The van der Waals surface area contributed by atoms with E-state index in [1.54, 1.807) is 0 Å². The van der Waals surface area contributed by atoms with Crippen LogP contribution < -0.4 is 19.6 Å². The summed E-state index contributed by atoms with van der Waals surface area (Å²) in [5.41, 5.74) is 28.0. The second-order valence-corrected chi connectivity index (χ2v) is 41.4. The molecule has 0 unspecified atom stereocenters. The lowest BCUT2D eigenvalue weighted by molar-refractivity contribution is 0.632. The van der Waals surface area contributed by atoms with Crippen LogP contribution in [0.3, 0.4) is 0 Å². The molecule has 21 aromatic carbocycles. The minimum atomic E-state index is -0.229. The molecule has 0 radical (unpaired) electrons. The second-order valence-electron chi connectivity index (χ2n) is 38.1. The molecule has 612 valence electrons. The first-order chi connectivity index (χ1) is 62.4. The van der Waals surface area contributed by atoms with E-state index < -0.39 is 0 Å². The van der Waals surface area contributed by atoms with Crippen molar-refractivity contribution in [1.29, 1.82) is 0 Å². The molecule has 0 fully saturated rings. The van der Waals surface area contributed by atoms with Crippen LogP contribution in [0.15, 0.2) is 371 Å². The van der Waals surface area contributed by atoms with Crippen LogP contribution in [-0.4, -0.2) is 0 Å². The number of anilines is 12. The summed E-state index contributed by atoms with van der Waals surface area (Å²) in [6.07, 6.45) is 0. The van der Waals surface area contributed by atoms with Crippen LogP contribution >= 0.6 is 34.9 Å². The Balaban J connectivity index is 0.000000137. The standard InChI is InChI=1S/C66H46N2S.C55H44N2S2/c1-65(2)55-23-11-14-26-59(55)67(60-27-15-12-24-56(60)65)39-29-31-47-48-32-30-40(34-50(48)46-22-10-9-21-45(46)49(47)33-39)68-61-28-16-13-25-57(61)66(3,4)58-36-54-53-35-51-43-19-7-5-17-41(43)42-18-6-8-20-44(42)52(51)37-63(53)69-64(54)38-62(58)68;1-31(2)36-27-34-24-26-45(57-43-19-11-14-22-49(43)59-50-29-38-35-15-7-8-16-39(35)55(5,6)40(38)30-46(50)57)54-37(32(3)4)28-33-23-25-44(53(36)51(33)52(34)54)56-41-17-9-12-20-47(41)58-48-21-13-10-18-42(48)56/h5-38H,1-4H3;7-32H,1-6H3. The van der Waals surface area contributed by atoms with Crippen molar-refractivity contribution in [2.24, 2.45) is 0 Å². The summed E-state index contributed by atoms with van der Waals surface area (Å²) >= 11 is 5.70. The molecule has 4 aliphatic heterocycles. The smallest absolute Gasteiger partial charge is 0.0605 e. The van der Waals surface area contributed by atoms with Gasteiger partial charge in [0.15, 0.2) is 0 Å². The van der Waals surface area contributed by atoms with Gasteiger partial charge in [-0.15, -0.1) is 11.3 Å². The van der Waals surface area contributed by atoms with E-state index in [4.69, 9.17) is 0 Å². The first-order valence-electron chi connectivity index (χ1n) is 45.2. The molecule has 0 N–H and O–H groups in total. The maximum atomic E-state index is 2.61. The number of hydrogen-bond donors (Lipinski definition) is 0. The summed E-state index contributed by atoms with van der Waals surface area (Å²) in [7, 11) is 0. The van der Waals surface area contributed by atoms with Gasteiger partial charge in [0.2, 0.25) is 0 Å². The molecule has 1 aromatic heterocycles. The molecule has 4 nitrogen and oxygen atoms in total. The average molecular weight is 1700 g/mol. The Hall–Kier alpha value is -13.7. The fourth-order valence-electron chi connectivity index (χ4n) is 23.3. The zero-order chi connectivity index (χ0) is 85.8. The molecule has 5 aliphatic rings. The van der Waals surface area contributed by atoms with Gasteiger partial charge in [-0.25, -0.2) is 0 Å². The van der Waals surface area contributed by atoms with Gasteiger partial charge in [-0.1, -0.05) is 317 Å². The fraction of sp³-hybridized carbons (Fsp3) is 0.124. The minimum absolute atomic E-state index is 0.103. The first-order valence-corrected chi connectivity index (χ1v) is 47.7. The maximum absolute atomic E-state index is 2.61. The SMILES string of the molecule is CC(C)c1cc2ccc(N3c4ccccc4Sc4cc5c(cc43)C(C)(C)c3ccccc3-5)c3c(C(C)C)cc4ccc(N5c6ccccc6Sc6ccccc65)c1c4c23.CC1(C)c2ccccc2N(c2ccc3c4ccc(N5c6ccccc6C(C)(C)c6cc7c(cc65)sc5cc6c8ccccc8c8ccccc8c6cc57)cc4c4ccccc4c3c2)c2ccccc21. The number of para-hydroxylation sites is 6. The first kappa shape index (κ1) is 75.7. The molecule has 0 saturated carbocycles. The van der Waals surface area contributed by atoms with E-state index in [2.05, 4.69) is 441 Å². The number of benzene rings is 21. The lowest BCUT2D eigenvalue weighted by Crippen LogP contribution is -2.30.